The number of rotatable bonds is 11. The van der Waals surface area contributed by atoms with Crippen molar-refractivity contribution in [2.24, 2.45) is 0 Å². The highest BCUT2D eigenvalue weighted by molar-refractivity contribution is 5.93. The minimum Gasteiger partial charge on any atom is -0.507 e. The van der Waals surface area contributed by atoms with Gasteiger partial charge in [0.1, 0.15) is 17.2 Å². The van der Waals surface area contributed by atoms with E-state index in [4.69, 9.17) is 9.47 Å². The Labute approximate surface area is 357 Å². The lowest BCUT2D eigenvalue weighted by Gasteiger charge is -2.27. The second kappa shape index (κ2) is 17.2. The summed E-state index contributed by atoms with van der Waals surface area (Å²) in [4.78, 5) is 0. The molecule has 0 unspecified atom stereocenters. The third-order valence-corrected chi connectivity index (χ3v) is 11.4. The molecule has 5 aromatic carbocycles. The van der Waals surface area contributed by atoms with E-state index in [1.54, 1.807) is 0 Å². The van der Waals surface area contributed by atoms with E-state index in [1.807, 2.05) is 6.92 Å². The van der Waals surface area contributed by atoms with Crippen molar-refractivity contribution in [3.63, 3.8) is 0 Å². The number of unbranched alkanes of at least 4 members (excludes halogenated alkanes) is 1. The zero-order valence-corrected chi connectivity index (χ0v) is 39.2. The topological polar surface area (TPSA) is 58.9 Å². The molecule has 4 nitrogen and oxygen atoms in total. The van der Waals surface area contributed by atoms with Gasteiger partial charge in [0.05, 0.1) is 6.61 Å². The average Bonchev–Trinajstić information content (AvgIpc) is 3.13. The van der Waals surface area contributed by atoms with Crippen LogP contribution in [0.1, 0.15) is 142 Å². The maximum absolute atomic E-state index is 12.5. The highest BCUT2D eigenvalue weighted by Crippen LogP contribution is 2.50. The summed E-state index contributed by atoms with van der Waals surface area (Å²) in [7, 11) is 0. The smallest absolute Gasteiger partial charge is 0.135 e. The van der Waals surface area contributed by atoms with E-state index < -0.39 is 0 Å². The van der Waals surface area contributed by atoms with E-state index in [-0.39, 0.29) is 33.2 Å². The molecule has 0 aliphatic heterocycles. The second-order valence-corrected chi connectivity index (χ2v) is 21.0. The first kappa shape index (κ1) is 45.5. The van der Waals surface area contributed by atoms with Gasteiger partial charge < -0.3 is 19.7 Å². The van der Waals surface area contributed by atoms with Crippen molar-refractivity contribution in [3.05, 3.63) is 112 Å². The molecule has 0 amide bonds. The van der Waals surface area contributed by atoms with Gasteiger partial charge in [-0.3, -0.25) is 0 Å². The fourth-order valence-electron chi connectivity index (χ4n) is 7.66. The molecule has 0 saturated heterocycles. The Morgan fingerprint density at radius 2 is 0.712 bits per heavy atom. The molecule has 0 aliphatic carbocycles. The van der Waals surface area contributed by atoms with Crippen molar-refractivity contribution in [1.82, 2.24) is 0 Å². The summed E-state index contributed by atoms with van der Waals surface area (Å²) in [5.74, 6) is 1.06. The van der Waals surface area contributed by atoms with Gasteiger partial charge in [0, 0.05) is 46.6 Å². The number of benzene rings is 5. The largest absolute Gasteiger partial charge is 0.507 e. The summed E-state index contributed by atoms with van der Waals surface area (Å²) in [6, 6.07) is 26.1. The van der Waals surface area contributed by atoms with Gasteiger partial charge in [-0.1, -0.05) is 119 Å². The molecule has 0 saturated carbocycles. The van der Waals surface area contributed by atoms with Gasteiger partial charge in [-0.05, 0) is 149 Å². The molecule has 5 rings (SSSR count). The Morgan fingerprint density at radius 1 is 0.407 bits per heavy atom. The number of aromatic hydroxyl groups is 2. The first-order valence-electron chi connectivity index (χ1n) is 21.7. The summed E-state index contributed by atoms with van der Waals surface area (Å²) in [5, 5.41) is 25.0. The number of phenolic OH excluding ortho intramolecular Hbond substituents is 2. The standard InChI is InChI=1S/C55H72O4/c1-17-58-20-18-19-21-59-51-47(45-24-34(2)22-43(49(45)56)37-28-39(52(5,6)7)32-40(29-37)53(8,9)10)26-36(4)27-48(51)46-25-35(3)23-44(50(46)57)38-30-41(54(11,12)13)33-42(31-38)55(14,15)16/h22-33,56-57H,17-21H2,1-16H3. The molecule has 59 heavy (non-hydrogen) atoms. The van der Waals surface area contributed by atoms with Gasteiger partial charge in [0.25, 0.3) is 0 Å². The molecule has 316 valence electrons. The lowest BCUT2D eigenvalue weighted by molar-refractivity contribution is 0.139. The van der Waals surface area contributed by atoms with Crippen LogP contribution < -0.4 is 4.74 Å². The van der Waals surface area contributed by atoms with Crippen LogP contribution in [0.4, 0.5) is 0 Å². The zero-order valence-electron chi connectivity index (χ0n) is 39.2. The van der Waals surface area contributed by atoms with Crippen LogP contribution in [-0.2, 0) is 26.4 Å². The summed E-state index contributed by atoms with van der Waals surface area (Å²) in [5.41, 5.74) is 14.2. The highest BCUT2D eigenvalue weighted by atomic mass is 16.5. The maximum atomic E-state index is 12.5. The van der Waals surface area contributed by atoms with Crippen LogP contribution >= 0.6 is 0 Å². The molecule has 0 fully saturated rings. The van der Waals surface area contributed by atoms with Crippen molar-refractivity contribution in [2.75, 3.05) is 19.8 Å². The Hall–Kier alpha value is -4.54. The summed E-state index contributed by atoms with van der Waals surface area (Å²) >= 11 is 0. The Kier molecular flexibility index (Phi) is 13.3. The molecule has 0 radical (unpaired) electrons. The molecular formula is C55H72O4. The van der Waals surface area contributed by atoms with Crippen molar-refractivity contribution < 1.29 is 19.7 Å². The molecule has 0 spiro atoms. The third kappa shape index (κ3) is 10.6. The molecule has 5 aromatic rings. The Morgan fingerprint density at radius 3 is 1.03 bits per heavy atom. The minimum atomic E-state index is -0.0794. The fraction of sp³-hybridized carbons (Fsp3) is 0.455. The van der Waals surface area contributed by atoms with Crippen LogP contribution in [0.3, 0.4) is 0 Å². The van der Waals surface area contributed by atoms with Crippen LogP contribution in [0, 0.1) is 20.8 Å². The second-order valence-electron chi connectivity index (χ2n) is 21.0. The van der Waals surface area contributed by atoms with Gasteiger partial charge in [0.15, 0.2) is 0 Å². The summed E-state index contributed by atoms with van der Waals surface area (Å²) in [6.45, 7) is 37.0. The first-order chi connectivity index (χ1) is 27.3. The van der Waals surface area contributed by atoms with Crippen molar-refractivity contribution >= 4 is 0 Å². The Balaban J connectivity index is 1.80. The normalized spacial score (nSPS) is 12.6. The van der Waals surface area contributed by atoms with Crippen molar-refractivity contribution in [3.8, 4) is 61.8 Å². The minimum absolute atomic E-state index is 0.0794. The molecule has 0 aromatic heterocycles. The molecule has 2 N–H and O–H groups in total. The highest BCUT2D eigenvalue weighted by Gasteiger charge is 2.27. The van der Waals surface area contributed by atoms with Crippen LogP contribution in [0.15, 0.2) is 72.8 Å². The van der Waals surface area contributed by atoms with E-state index in [0.717, 1.165) is 62.9 Å². The molecule has 4 heteroatoms. The SMILES string of the molecule is CCOCCCCOc1c(-c2cc(C)cc(-c3cc(C(C)(C)C)cc(C(C)(C)C)c3)c2O)cc(C)cc1-c1cc(C)cc(-c2cc(C(C)(C)C)cc(C(C)(C)C)c2)c1O. The van der Waals surface area contributed by atoms with E-state index in [2.05, 4.69) is 177 Å². The van der Waals surface area contributed by atoms with Crippen LogP contribution in [0.5, 0.6) is 17.2 Å². The van der Waals surface area contributed by atoms with Gasteiger partial charge in [-0.25, -0.2) is 0 Å². The predicted molar refractivity (Wildman–Crippen MR) is 252 cm³/mol. The van der Waals surface area contributed by atoms with Crippen molar-refractivity contribution in [1.29, 1.82) is 0 Å². The number of aryl methyl sites for hydroxylation is 3. The zero-order chi connectivity index (χ0) is 43.8. The Bertz CT molecular complexity index is 2080. The maximum Gasteiger partial charge on any atom is 0.135 e. The van der Waals surface area contributed by atoms with E-state index in [9.17, 15) is 10.2 Å². The van der Waals surface area contributed by atoms with Crippen LogP contribution in [-0.4, -0.2) is 30.0 Å². The van der Waals surface area contributed by atoms with E-state index in [1.165, 1.54) is 22.3 Å². The molecule has 0 bridgehead atoms. The number of hydrogen-bond donors (Lipinski definition) is 2. The predicted octanol–water partition coefficient (Wildman–Crippen LogP) is 15.1. The summed E-state index contributed by atoms with van der Waals surface area (Å²) < 4.78 is 12.5. The van der Waals surface area contributed by atoms with Gasteiger partial charge in [0.2, 0.25) is 0 Å². The quantitative estimate of drug-likeness (QED) is 0.131. The summed E-state index contributed by atoms with van der Waals surface area (Å²) in [6.07, 6.45) is 1.66. The lowest BCUT2D eigenvalue weighted by Crippen LogP contribution is -2.16. The van der Waals surface area contributed by atoms with Gasteiger partial charge in [-0.15, -0.1) is 0 Å². The molecule has 0 atom stereocenters. The average molecular weight is 797 g/mol. The molecule has 0 aliphatic rings. The fourth-order valence-corrected chi connectivity index (χ4v) is 7.66. The lowest BCUT2D eigenvalue weighted by atomic mass is 9.78. The monoisotopic (exact) mass is 797 g/mol. The first-order valence-corrected chi connectivity index (χ1v) is 21.7. The molecular weight excluding hydrogens is 725 g/mol. The van der Waals surface area contributed by atoms with Crippen LogP contribution in [0.2, 0.25) is 0 Å². The molecule has 0 heterocycles. The number of hydrogen-bond acceptors (Lipinski definition) is 4. The number of phenols is 2. The van der Waals surface area contributed by atoms with E-state index >= 15 is 0 Å². The third-order valence-electron chi connectivity index (χ3n) is 11.4. The van der Waals surface area contributed by atoms with E-state index in [0.29, 0.717) is 36.7 Å². The van der Waals surface area contributed by atoms with Crippen molar-refractivity contribution in [2.45, 2.75) is 145 Å². The van der Waals surface area contributed by atoms with Gasteiger partial charge in [-0.2, -0.15) is 0 Å². The van der Waals surface area contributed by atoms with Gasteiger partial charge >= 0.3 is 0 Å². The van der Waals surface area contributed by atoms with Crippen LogP contribution in [0.25, 0.3) is 44.5 Å². The number of ether oxygens (including phenoxy) is 2.